The van der Waals surface area contributed by atoms with Gasteiger partial charge in [-0.2, -0.15) is 0 Å². The molecule has 0 heterocycles. The van der Waals surface area contributed by atoms with Gasteiger partial charge in [0.15, 0.2) is 0 Å². The van der Waals surface area contributed by atoms with Crippen LogP contribution in [-0.4, -0.2) is 11.8 Å². The van der Waals surface area contributed by atoms with Crippen molar-refractivity contribution in [3.8, 4) is 0 Å². The maximum absolute atomic E-state index is 11.6. The van der Waals surface area contributed by atoms with Crippen LogP contribution in [0.2, 0.25) is 0 Å². The standard InChI is InChI=1S/C16H14N2O2/c19-15(17-13-7-3-1-4-8-13)11-12-16(20)18-14-9-5-2-6-10-14/h1-12H,(H,17,19)(H,18,20). The molecule has 0 aliphatic rings. The van der Waals surface area contributed by atoms with Gasteiger partial charge in [0, 0.05) is 23.5 Å². The summed E-state index contributed by atoms with van der Waals surface area (Å²) in [6, 6.07) is 18.1. The Kier molecular flexibility index (Phi) is 4.67. The maximum atomic E-state index is 11.6. The Morgan fingerprint density at radius 3 is 1.35 bits per heavy atom. The van der Waals surface area contributed by atoms with Crippen LogP contribution in [0, 0.1) is 0 Å². The van der Waals surface area contributed by atoms with Gasteiger partial charge in [-0.15, -0.1) is 0 Å². The van der Waals surface area contributed by atoms with Gasteiger partial charge in [0.2, 0.25) is 11.8 Å². The number of para-hydroxylation sites is 2. The molecule has 2 N–H and O–H groups in total. The average molecular weight is 266 g/mol. The van der Waals surface area contributed by atoms with E-state index in [2.05, 4.69) is 10.6 Å². The summed E-state index contributed by atoms with van der Waals surface area (Å²) in [6.07, 6.45) is 2.40. The SMILES string of the molecule is O=C(C=CC(=O)Nc1ccccc1)Nc1ccccc1. The van der Waals surface area contributed by atoms with E-state index in [-0.39, 0.29) is 11.8 Å². The summed E-state index contributed by atoms with van der Waals surface area (Å²) in [6.45, 7) is 0. The first-order valence-electron chi connectivity index (χ1n) is 6.14. The minimum Gasteiger partial charge on any atom is -0.323 e. The zero-order chi connectivity index (χ0) is 14.2. The van der Waals surface area contributed by atoms with E-state index in [0.717, 1.165) is 0 Å². The third kappa shape index (κ3) is 4.42. The Bertz CT molecular complexity index is 551. The quantitative estimate of drug-likeness (QED) is 0.836. The summed E-state index contributed by atoms with van der Waals surface area (Å²) in [5.74, 6) is -0.696. The Labute approximate surface area is 117 Å². The average Bonchev–Trinajstić information content (AvgIpc) is 2.47. The molecule has 2 aromatic carbocycles. The Balaban J connectivity index is 1.86. The lowest BCUT2D eigenvalue weighted by atomic mass is 10.3. The normalized spacial score (nSPS) is 10.2. The summed E-state index contributed by atoms with van der Waals surface area (Å²) in [5.41, 5.74) is 1.37. The van der Waals surface area contributed by atoms with Crippen LogP contribution < -0.4 is 10.6 Å². The first-order chi connectivity index (χ1) is 9.74. The zero-order valence-electron chi connectivity index (χ0n) is 10.7. The summed E-state index contributed by atoms with van der Waals surface area (Å²) in [7, 11) is 0. The molecule has 100 valence electrons. The second-order valence-corrected chi connectivity index (χ2v) is 4.04. The van der Waals surface area contributed by atoms with Crippen molar-refractivity contribution in [3.05, 3.63) is 72.8 Å². The van der Waals surface area contributed by atoms with Crippen molar-refractivity contribution in [2.45, 2.75) is 0 Å². The molecule has 4 heteroatoms. The molecule has 0 aromatic heterocycles. The van der Waals surface area contributed by atoms with Crippen LogP contribution in [0.1, 0.15) is 0 Å². The number of carbonyl (C=O) groups excluding carboxylic acids is 2. The fourth-order valence-corrected chi connectivity index (χ4v) is 1.56. The van der Waals surface area contributed by atoms with Gasteiger partial charge >= 0.3 is 0 Å². The van der Waals surface area contributed by atoms with Crippen molar-refractivity contribution >= 4 is 23.2 Å². The number of hydrogen-bond donors (Lipinski definition) is 2. The highest BCUT2D eigenvalue weighted by atomic mass is 16.2. The molecule has 0 spiro atoms. The molecular weight excluding hydrogens is 252 g/mol. The highest BCUT2D eigenvalue weighted by Gasteiger charge is 2.00. The third-order valence-corrected chi connectivity index (χ3v) is 2.47. The van der Waals surface area contributed by atoms with Crippen LogP contribution in [0.15, 0.2) is 72.8 Å². The van der Waals surface area contributed by atoms with Gasteiger partial charge in [0.05, 0.1) is 0 Å². The topological polar surface area (TPSA) is 58.2 Å². The third-order valence-electron chi connectivity index (χ3n) is 2.47. The molecular formula is C16H14N2O2. The predicted molar refractivity (Wildman–Crippen MR) is 79.3 cm³/mol. The fourth-order valence-electron chi connectivity index (χ4n) is 1.56. The van der Waals surface area contributed by atoms with Crippen molar-refractivity contribution in [3.63, 3.8) is 0 Å². The molecule has 2 rings (SSSR count). The molecule has 2 aromatic rings. The van der Waals surface area contributed by atoms with Crippen LogP contribution in [0.5, 0.6) is 0 Å². The van der Waals surface area contributed by atoms with Crippen molar-refractivity contribution in [2.75, 3.05) is 10.6 Å². The minimum absolute atomic E-state index is 0.348. The monoisotopic (exact) mass is 266 g/mol. The van der Waals surface area contributed by atoms with Gasteiger partial charge < -0.3 is 10.6 Å². The minimum atomic E-state index is -0.348. The second kappa shape index (κ2) is 6.89. The molecule has 0 unspecified atom stereocenters. The van der Waals surface area contributed by atoms with E-state index in [0.29, 0.717) is 11.4 Å². The Morgan fingerprint density at radius 2 is 1.00 bits per heavy atom. The number of amides is 2. The van der Waals surface area contributed by atoms with Crippen LogP contribution in [0.3, 0.4) is 0 Å². The smallest absolute Gasteiger partial charge is 0.248 e. The predicted octanol–water partition coefficient (Wildman–Crippen LogP) is 2.82. The lowest BCUT2D eigenvalue weighted by Crippen LogP contribution is -2.11. The van der Waals surface area contributed by atoms with E-state index in [1.807, 2.05) is 36.4 Å². The number of benzene rings is 2. The van der Waals surface area contributed by atoms with E-state index in [1.165, 1.54) is 12.2 Å². The first kappa shape index (κ1) is 13.5. The molecule has 0 radical (unpaired) electrons. The Morgan fingerprint density at radius 1 is 0.650 bits per heavy atom. The largest absolute Gasteiger partial charge is 0.323 e. The van der Waals surface area contributed by atoms with E-state index in [4.69, 9.17) is 0 Å². The molecule has 0 fully saturated rings. The molecule has 0 aliphatic heterocycles. The summed E-state index contributed by atoms with van der Waals surface area (Å²) in [4.78, 5) is 23.2. The molecule has 0 saturated heterocycles. The van der Waals surface area contributed by atoms with Crippen LogP contribution in [0.25, 0.3) is 0 Å². The molecule has 0 atom stereocenters. The van der Waals surface area contributed by atoms with Crippen molar-refractivity contribution in [1.29, 1.82) is 0 Å². The second-order valence-electron chi connectivity index (χ2n) is 4.04. The summed E-state index contributed by atoms with van der Waals surface area (Å²) in [5, 5.41) is 5.31. The van der Waals surface area contributed by atoms with Gasteiger partial charge in [-0.1, -0.05) is 36.4 Å². The summed E-state index contributed by atoms with van der Waals surface area (Å²) < 4.78 is 0. The van der Waals surface area contributed by atoms with Gasteiger partial charge in [0.1, 0.15) is 0 Å². The van der Waals surface area contributed by atoms with Crippen LogP contribution in [0.4, 0.5) is 11.4 Å². The maximum Gasteiger partial charge on any atom is 0.248 e. The fraction of sp³-hybridized carbons (Fsp3) is 0. The molecule has 4 nitrogen and oxygen atoms in total. The Hall–Kier alpha value is -2.88. The van der Waals surface area contributed by atoms with Gasteiger partial charge in [0.25, 0.3) is 0 Å². The van der Waals surface area contributed by atoms with Crippen LogP contribution in [-0.2, 0) is 9.59 Å². The highest BCUT2D eigenvalue weighted by Crippen LogP contribution is 2.06. The molecule has 2 amide bonds. The lowest BCUT2D eigenvalue weighted by molar-refractivity contribution is -0.114. The van der Waals surface area contributed by atoms with E-state index < -0.39 is 0 Å². The number of nitrogens with one attached hydrogen (secondary N) is 2. The number of carbonyl (C=O) groups is 2. The number of rotatable bonds is 4. The molecule has 0 saturated carbocycles. The zero-order valence-corrected chi connectivity index (χ0v) is 10.7. The summed E-state index contributed by atoms with van der Waals surface area (Å²) >= 11 is 0. The lowest BCUT2D eigenvalue weighted by Gasteiger charge is -2.02. The van der Waals surface area contributed by atoms with E-state index in [1.54, 1.807) is 24.3 Å². The molecule has 0 aliphatic carbocycles. The molecule has 20 heavy (non-hydrogen) atoms. The van der Waals surface area contributed by atoms with E-state index in [9.17, 15) is 9.59 Å². The van der Waals surface area contributed by atoms with Crippen molar-refractivity contribution in [1.82, 2.24) is 0 Å². The van der Waals surface area contributed by atoms with Gasteiger partial charge in [-0.05, 0) is 24.3 Å². The van der Waals surface area contributed by atoms with Crippen molar-refractivity contribution < 1.29 is 9.59 Å². The van der Waals surface area contributed by atoms with E-state index >= 15 is 0 Å². The first-order valence-corrected chi connectivity index (χ1v) is 6.14. The molecule has 0 bridgehead atoms. The number of hydrogen-bond acceptors (Lipinski definition) is 2. The number of anilines is 2. The highest BCUT2D eigenvalue weighted by molar-refractivity contribution is 6.06. The van der Waals surface area contributed by atoms with Gasteiger partial charge in [-0.25, -0.2) is 0 Å². The van der Waals surface area contributed by atoms with Crippen molar-refractivity contribution in [2.24, 2.45) is 0 Å². The van der Waals surface area contributed by atoms with Crippen LogP contribution >= 0.6 is 0 Å². The van der Waals surface area contributed by atoms with Gasteiger partial charge in [-0.3, -0.25) is 9.59 Å².